The topological polar surface area (TPSA) is 24.9 Å². The molecule has 1 saturated carbocycles. The Morgan fingerprint density at radius 2 is 2.40 bits per heavy atom. The highest BCUT2D eigenvalue weighted by Crippen LogP contribution is 2.46. The molecule has 1 aliphatic rings. The van der Waals surface area contributed by atoms with Crippen molar-refractivity contribution in [3.63, 3.8) is 0 Å². The van der Waals surface area contributed by atoms with Crippen LogP contribution in [-0.4, -0.2) is 29.1 Å². The molecule has 1 heterocycles. The van der Waals surface area contributed by atoms with Crippen molar-refractivity contribution in [2.75, 3.05) is 19.3 Å². The molecule has 0 atom stereocenters. The van der Waals surface area contributed by atoms with Gasteiger partial charge in [-0.2, -0.15) is 11.8 Å². The molecule has 1 aliphatic carbocycles. The molecule has 1 N–H and O–H groups in total. The van der Waals surface area contributed by atoms with Crippen LogP contribution in [0.2, 0.25) is 0 Å². The lowest BCUT2D eigenvalue weighted by atomic mass is 10.2. The van der Waals surface area contributed by atoms with E-state index >= 15 is 0 Å². The summed E-state index contributed by atoms with van der Waals surface area (Å²) in [5.74, 6) is 0. The number of hydrogen-bond acceptors (Lipinski definition) is 3. The highest BCUT2D eigenvalue weighted by molar-refractivity contribution is 8.00. The van der Waals surface area contributed by atoms with Crippen molar-refractivity contribution in [1.82, 2.24) is 10.3 Å². The molecular weight excluding hydrogens is 204 g/mol. The molecule has 0 amide bonds. The number of hydrogen-bond donors (Lipinski definition) is 1. The van der Waals surface area contributed by atoms with Gasteiger partial charge < -0.3 is 5.32 Å². The van der Waals surface area contributed by atoms with Crippen LogP contribution >= 0.6 is 11.8 Å². The van der Waals surface area contributed by atoms with Crippen LogP contribution < -0.4 is 5.32 Å². The zero-order valence-electron chi connectivity index (χ0n) is 9.20. The lowest BCUT2D eigenvalue weighted by molar-refractivity contribution is 0.659. The second kappa shape index (κ2) is 4.99. The number of thioether (sulfide) groups is 1. The lowest BCUT2D eigenvalue weighted by Crippen LogP contribution is -2.27. The summed E-state index contributed by atoms with van der Waals surface area (Å²) in [6, 6.07) is 4.13. The van der Waals surface area contributed by atoms with Gasteiger partial charge >= 0.3 is 0 Å². The third-order valence-corrected chi connectivity index (χ3v) is 4.42. The fourth-order valence-corrected chi connectivity index (χ4v) is 2.44. The molecule has 1 aromatic rings. The molecule has 0 aromatic carbocycles. The van der Waals surface area contributed by atoms with Gasteiger partial charge in [0, 0.05) is 23.7 Å². The van der Waals surface area contributed by atoms with Gasteiger partial charge in [-0.3, -0.25) is 4.98 Å². The molecule has 2 nitrogen and oxygen atoms in total. The third-order valence-electron chi connectivity index (χ3n) is 3.00. The molecule has 1 fully saturated rings. The monoisotopic (exact) mass is 222 g/mol. The van der Waals surface area contributed by atoms with Gasteiger partial charge in [0.25, 0.3) is 0 Å². The van der Waals surface area contributed by atoms with Gasteiger partial charge in [0.15, 0.2) is 0 Å². The first-order valence-electron chi connectivity index (χ1n) is 5.49. The van der Waals surface area contributed by atoms with E-state index in [0.717, 1.165) is 19.5 Å². The largest absolute Gasteiger partial charge is 0.315 e. The molecule has 0 bridgehead atoms. The predicted octanol–water partition coefficient (Wildman–Crippen LogP) is 2.11. The lowest BCUT2D eigenvalue weighted by Gasteiger charge is -2.12. The first-order chi connectivity index (χ1) is 7.35. The smallest absolute Gasteiger partial charge is 0.0300 e. The quantitative estimate of drug-likeness (QED) is 0.746. The van der Waals surface area contributed by atoms with E-state index in [0.29, 0.717) is 4.75 Å². The van der Waals surface area contributed by atoms with Crippen molar-refractivity contribution in [1.29, 1.82) is 0 Å². The fourth-order valence-electron chi connectivity index (χ4n) is 1.69. The highest BCUT2D eigenvalue weighted by Gasteiger charge is 2.41. The second-order valence-electron chi connectivity index (χ2n) is 4.18. The molecule has 15 heavy (non-hydrogen) atoms. The molecular formula is C12H18N2S. The summed E-state index contributed by atoms with van der Waals surface area (Å²) in [7, 11) is 0. The summed E-state index contributed by atoms with van der Waals surface area (Å²) in [5, 5.41) is 3.54. The number of rotatable bonds is 6. The Morgan fingerprint density at radius 3 is 3.00 bits per heavy atom. The number of aromatic nitrogens is 1. The summed E-state index contributed by atoms with van der Waals surface area (Å²) in [4.78, 5) is 4.11. The van der Waals surface area contributed by atoms with Crippen LogP contribution in [0.15, 0.2) is 24.5 Å². The van der Waals surface area contributed by atoms with Crippen molar-refractivity contribution in [3.8, 4) is 0 Å². The molecule has 0 radical (unpaired) electrons. The highest BCUT2D eigenvalue weighted by atomic mass is 32.2. The van der Waals surface area contributed by atoms with E-state index in [9.17, 15) is 0 Å². The Bertz CT molecular complexity index is 296. The van der Waals surface area contributed by atoms with Crippen LogP contribution in [0.3, 0.4) is 0 Å². The van der Waals surface area contributed by atoms with E-state index in [1.807, 2.05) is 30.2 Å². The number of nitrogens with one attached hydrogen (secondary N) is 1. The van der Waals surface area contributed by atoms with Crippen molar-refractivity contribution in [2.24, 2.45) is 0 Å². The predicted molar refractivity (Wildman–Crippen MR) is 66.3 cm³/mol. The maximum absolute atomic E-state index is 4.11. The normalized spacial score (nSPS) is 17.7. The third kappa shape index (κ3) is 3.21. The van der Waals surface area contributed by atoms with E-state index < -0.39 is 0 Å². The minimum atomic E-state index is 0.578. The summed E-state index contributed by atoms with van der Waals surface area (Å²) < 4.78 is 0.578. The SMILES string of the molecule is CSC1(CNCCc2cccnc2)CC1. The molecule has 0 aliphatic heterocycles. The summed E-state index contributed by atoms with van der Waals surface area (Å²) in [5.41, 5.74) is 1.32. The van der Waals surface area contributed by atoms with Gasteiger partial charge in [-0.15, -0.1) is 0 Å². The first-order valence-corrected chi connectivity index (χ1v) is 6.72. The number of pyridine rings is 1. The molecule has 0 unspecified atom stereocenters. The Kier molecular flexibility index (Phi) is 3.65. The maximum atomic E-state index is 4.11. The van der Waals surface area contributed by atoms with Gasteiger partial charge in [-0.05, 0) is 43.7 Å². The van der Waals surface area contributed by atoms with E-state index in [2.05, 4.69) is 22.6 Å². The van der Waals surface area contributed by atoms with Crippen LogP contribution in [0, 0.1) is 0 Å². The fraction of sp³-hybridized carbons (Fsp3) is 0.583. The van der Waals surface area contributed by atoms with Crippen LogP contribution in [-0.2, 0) is 6.42 Å². The Labute approximate surface area is 95.9 Å². The van der Waals surface area contributed by atoms with Crippen LogP contribution in [0.1, 0.15) is 18.4 Å². The van der Waals surface area contributed by atoms with Gasteiger partial charge in [-0.1, -0.05) is 6.07 Å². The minimum absolute atomic E-state index is 0.578. The summed E-state index contributed by atoms with van der Waals surface area (Å²) in [6.07, 6.45) is 9.84. The van der Waals surface area contributed by atoms with Crippen molar-refractivity contribution in [3.05, 3.63) is 30.1 Å². The van der Waals surface area contributed by atoms with Gasteiger partial charge in [-0.25, -0.2) is 0 Å². The first kappa shape index (κ1) is 11.0. The molecule has 0 saturated heterocycles. The van der Waals surface area contributed by atoms with Crippen molar-refractivity contribution < 1.29 is 0 Å². The van der Waals surface area contributed by atoms with Gasteiger partial charge in [0.05, 0.1) is 0 Å². The Balaban J connectivity index is 1.63. The Morgan fingerprint density at radius 1 is 1.53 bits per heavy atom. The van der Waals surface area contributed by atoms with Crippen LogP contribution in [0.4, 0.5) is 0 Å². The Hall–Kier alpha value is -0.540. The van der Waals surface area contributed by atoms with Crippen molar-refractivity contribution in [2.45, 2.75) is 24.0 Å². The molecule has 82 valence electrons. The molecule has 3 heteroatoms. The zero-order valence-corrected chi connectivity index (χ0v) is 10.0. The molecule has 0 spiro atoms. The van der Waals surface area contributed by atoms with Gasteiger partial charge in [0.2, 0.25) is 0 Å². The van der Waals surface area contributed by atoms with E-state index in [-0.39, 0.29) is 0 Å². The van der Waals surface area contributed by atoms with E-state index in [4.69, 9.17) is 0 Å². The zero-order chi connectivity index (χ0) is 10.6. The van der Waals surface area contributed by atoms with E-state index in [1.165, 1.54) is 18.4 Å². The summed E-state index contributed by atoms with van der Waals surface area (Å²) in [6.45, 7) is 2.22. The number of nitrogens with zero attached hydrogens (tertiary/aromatic N) is 1. The average molecular weight is 222 g/mol. The van der Waals surface area contributed by atoms with Crippen LogP contribution in [0.5, 0.6) is 0 Å². The van der Waals surface area contributed by atoms with E-state index in [1.54, 1.807) is 0 Å². The second-order valence-corrected chi connectivity index (χ2v) is 5.45. The van der Waals surface area contributed by atoms with Crippen LogP contribution in [0.25, 0.3) is 0 Å². The van der Waals surface area contributed by atoms with Crippen molar-refractivity contribution >= 4 is 11.8 Å². The minimum Gasteiger partial charge on any atom is -0.315 e. The molecule has 2 rings (SSSR count). The average Bonchev–Trinajstić information content (AvgIpc) is 3.07. The standard InChI is InChI=1S/C12H18N2S/c1-15-12(5-6-12)10-14-8-4-11-3-2-7-13-9-11/h2-3,7,9,14H,4-6,8,10H2,1H3. The summed E-state index contributed by atoms with van der Waals surface area (Å²) >= 11 is 2.01. The van der Waals surface area contributed by atoms with Gasteiger partial charge in [0.1, 0.15) is 0 Å². The molecule has 1 aromatic heterocycles. The maximum Gasteiger partial charge on any atom is 0.0300 e.